The largest absolute Gasteiger partial charge is 0.500 e. The lowest BCUT2D eigenvalue weighted by molar-refractivity contribution is -0.386. The molecule has 124 valence electrons. The first-order chi connectivity index (χ1) is 10.8. The number of carbonyl (C=O) groups is 2. The van der Waals surface area contributed by atoms with Gasteiger partial charge in [-0.2, -0.15) is 5.10 Å². The van der Waals surface area contributed by atoms with Crippen LogP contribution < -0.4 is 15.5 Å². The Kier molecular flexibility index (Phi) is 6.01. The highest BCUT2D eigenvalue weighted by molar-refractivity contribution is 6.35. The van der Waals surface area contributed by atoms with Crippen molar-refractivity contribution in [2.24, 2.45) is 5.10 Å². The van der Waals surface area contributed by atoms with E-state index in [9.17, 15) is 24.8 Å². The Morgan fingerprint density at radius 1 is 1.39 bits per heavy atom. The van der Waals surface area contributed by atoms with Crippen molar-refractivity contribution < 1.29 is 24.4 Å². The van der Waals surface area contributed by atoms with Crippen LogP contribution in [0.15, 0.2) is 17.2 Å². The second kappa shape index (κ2) is 7.73. The molecule has 0 atom stereocenters. The van der Waals surface area contributed by atoms with E-state index in [4.69, 9.17) is 4.74 Å². The maximum Gasteiger partial charge on any atom is 0.329 e. The summed E-state index contributed by atoms with van der Waals surface area (Å²) in [6.45, 7) is 3.38. The molecule has 0 bridgehead atoms. The van der Waals surface area contributed by atoms with Gasteiger partial charge < -0.3 is 15.2 Å². The molecule has 2 amide bonds. The van der Waals surface area contributed by atoms with Gasteiger partial charge in [-0.3, -0.25) is 19.7 Å². The zero-order valence-electron chi connectivity index (χ0n) is 12.7. The van der Waals surface area contributed by atoms with Crippen LogP contribution in [-0.4, -0.2) is 41.2 Å². The molecule has 0 unspecified atom stereocenters. The van der Waals surface area contributed by atoms with Crippen LogP contribution in [-0.2, 0) is 9.59 Å². The topological polar surface area (TPSA) is 143 Å². The van der Waals surface area contributed by atoms with Gasteiger partial charge in [-0.1, -0.05) is 0 Å². The third-order valence-electron chi connectivity index (χ3n) is 2.50. The smallest absolute Gasteiger partial charge is 0.329 e. The molecule has 0 aliphatic rings. The van der Waals surface area contributed by atoms with Crippen LogP contribution >= 0.6 is 0 Å². The molecule has 0 fully saturated rings. The van der Waals surface area contributed by atoms with Gasteiger partial charge in [-0.25, -0.2) is 5.43 Å². The lowest BCUT2D eigenvalue weighted by Gasteiger charge is -2.06. The Balaban J connectivity index is 2.88. The number of hydrogen-bond acceptors (Lipinski definition) is 7. The summed E-state index contributed by atoms with van der Waals surface area (Å²) < 4.78 is 4.82. The van der Waals surface area contributed by atoms with Crippen molar-refractivity contribution >= 4 is 23.7 Å². The lowest BCUT2D eigenvalue weighted by atomic mass is 10.2. The van der Waals surface area contributed by atoms with Crippen LogP contribution in [0, 0.1) is 10.1 Å². The maximum atomic E-state index is 11.4. The summed E-state index contributed by atoms with van der Waals surface area (Å²) in [5.41, 5.74) is 1.60. The molecule has 0 saturated heterocycles. The quantitative estimate of drug-likeness (QED) is 0.307. The first-order valence-electron chi connectivity index (χ1n) is 6.45. The van der Waals surface area contributed by atoms with Crippen molar-refractivity contribution in [3.63, 3.8) is 0 Å². The zero-order valence-corrected chi connectivity index (χ0v) is 12.7. The molecule has 3 N–H and O–H groups in total. The highest BCUT2D eigenvalue weighted by atomic mass is 16.6. The summed E-state index contributed by atoms with van der Waals surface area (Å²) in [6, 6.07) is 2.12. The molecule has 1 rings (SSSR count). The van der Waals surface area contributed by atoms with Crippen LogP contribution in [0.25, 0.3) is 0 Å². The first kappa shape index (κ1) is 17.9. The summed E-state index contributed by atoms with van der Waals surface area (Å²) >= 11 is 0. The number of nitrogens with one attached hydrogen (secondary N) is 2. The summed E-state index contributed by atoms with van der Waals surface area (Å²) in [6.07, 6.45) is 1.08. The van der Waals surface area contributed by atoms with Gasteiger partial charge in [0.05, 0.1) is 18.2 Å². The predicted octanol–water partition coefficient (Wildman–Crippen LogP) is 0.284. The molecule has 1 aromatic rings. The molecule has 0 aromatic heterocycles. The minimum atomic E-state index is -0.977. The molecule has 0 aliphatic carbocycles. The number of nitro groups is 1. The van der Waals surface area contributed by atoms with Crippen molar-refractivity contribution in [3.05, 3.63) is 27.8 Å². The first-order valence-corrected chi connectivity index (χ1v) is 6.45. The number of benzene rings is 1. The van der Waals surface area contributed by atoms with Crippen molar-refractivity contribution in [2.75, 3.05) is 7.11 Å². The fourth-order valence-electron chi connectivity index (χ4n) is 1.53. The predicted molar refractivity (Wildman–Crippen MR) is 80.3 cm³/mol. The van der Waals surface area contributed by atoms with Crippen molar-refractivity contribution in [1.82, 2.24) is 10.7 Å². The Bertz CT molecular complexity index is 656. The van der Waals surface area contributed by atoms with E-state index in [2.05, 4.69) is 10.4 Å². The summed E-state index contributed by atoms with van der Waals surface area (Å²) in [4.78, 5) is 32.8. The molecule has 1 aromatic carbocycles. The molecule has 0 heterocycles. The maximum absolute atomic E-state index is 11.4. The van der Waals surface area contributed by atoms with Gasteiger partial charge in [0.15, 0.2) is 5.75 Å². The molecule has 10 heteroatoms. The molecular formula is C13H16N4O6. The summed E-state index contributed by atoms with van der Waals surface area (Å²) in [5.74, 6) is -2.57. The number of methoxy groups -OCH3 is 1. The summed E-state index contributed by atoms with van der Waals surface area (Å²) in [5, 5.41) is 26.4. The minimum absolute atomic E-state index is 0.121. The molecule has 23 heavy (non-hydrogen) atoms. The number of carbonyl (C=O) groups excluding carboxylic acids is 2. The van der Waals surface area contributed by atoms with Gasteiger partial charge in [0, 0.05) is 17.7 Å². The van der Waals surface area contributed by atoms with Crippen molar-refractivity contribution in [3.8, 4) is 11.5 Å². The minimum Gasteiger partial charge on any atom is -0.500 e. The number of hydrogen-bond donors (Lipinski definition) is 3. The summed E-state index contributed by atoms with van der Waals surface area (Å²) in [7, 11) is 1.23. The average molecular weight is 324 g/mol. The molecule has 0 radical (unpaired) electrons. The number of nitrogens with zero attached hydrogens (tertiary/aromatic N) is 2. The fraction of sp³-hybridized carbons (Fsp3) is 0.308. The van der Waals surface area contributed by atoms with Gasteiger partial charge >= 0.3 is 17.5 Å². The molecule has 0 spiro atoms. The number of hydrazone groups is 1. The number of aromatic hydroxyl groups is 1. The average Bonchev–Trinajstić information content (AvgIpc) is 2.47. The Labute approximate surface area is 131 Å². The van der Waals surface area contributed by atoms with E-state index in [0.29, 0.717) is 0 Å². The van der Waals surface area contributed by atoms with Gasteiger partial charge in [0.1, 0.15) is 0 Å². The SMILES string of the molecule is COc1cc(/C=N/NC(=O)C(=O)NC(C)C)cc([N+](=O)[O-])c1O. The highest BCUT2D eigenvalue weighted by Crippen LogP contribution is 2.36. The van der Waals surface area contributed by atoms with Gasteiger partial charge in [0.2, 0.25) is 5.75 Å². The van der Waals surface area contributed by atoms with E-state index < -0.39 is 28.2 Å². The third-order valence-corrected chi connectivity index (χ3v) is 2.50. The number of amides is 2. The van der Waals surface area contributed by atoms with E-state index in [1.807, 2.05) is 5.43 Å². The highest BCUT2D eigenvalue weighted by Gasteiger charge is 2.19. The Morgan fingerprint density at radius 3 is 2.57 bits per heavy atom. The number of nitro benzene ring substituents is 1. The number of phenolic OH excluding ortho intramolecular Hbond substituents is 1. The fourth-order valence-corrected chi connectivity index (χ4v) is 1.53. The van der Waals surface area contributed by atoms with Gasteiger partial charge in [0.25, 0.3) is 0 Å². The molecule has 0 aliphatic heterocycles. The molecule has 10 nitrogen and oxygen atoms in total. The van der Waals surface area contributed by atoms with E-state index >= 15 is 0 Å². The van der Waals surface area contributed by atoms with Gasteiger partial charge in [-0.15, -0.1) is 0 Å². The van der Waals surface area contributed by atoms with Crippen LogP contribution in [0.5, 0.6) is 11.5 Å². The monoisotopic (exact) mass is 324 g/mol. The normalized spacial score (nSPS) is 10.6. The second-order valence-corrected chi connectivity index (χ2v) is 4.68. The number of ether oxygens (including phenoxy) is 1. The number of rotatable bonds is 5. The third kappa shape index (κ3) is 4.95. The van der Waals surface area contributed by atoms with Crippen molar-refractivity contribution in [2.45, 2.75) is 19.9 Å². The van der Waals surface area contributed by atoms with Crippen LogP contribution in [0.1, 0.15) is 19.4 Å². The zero-order chi connectivity index (χ0) is 17.6. The molecular weight excluding hydrogens is 308 g/mol. The van der Waals surface area contributed by atoms with Gasteiger partial charge in [-0.05, 0) is 19.9 Å². The standard InChI is InChI=1S/C13H16N4O6/c1-7(2)15-12(19)13(20)16-14-6-8-4-9(17(21)22)11(18)10(5-8)23-3/h4-7,18H,1-3H3,(H,15,19)(H,16,20)/b14-6+. The van der Waals surface area contributed by atoms with E-state index in [0.717, 1.165) is 12.3 Å². The van der Waals surface area contributed by atoms with Crippen LogP contribution in [0.4, 0.5) is 5.69 Å². The Morgan fingerprint density at radius 2 is 2.04 bits per heavy atom. The second-order valence-electron chi connectivity index (χ2n) is 4.68. The van der Waals surface area contributed by atoms with Crippen LogP contribution in [0.2, 0.25) is 0 Å². The number of phenols is 1. The lowest BCUT2D eigenvalue weighted by Crippen LogP contribution is -2.41. The van der Waals surface area contributed by atoms with Crippen molar-refractivity contribution in [1.29, 1.82) is 0 Å². The van der Waals surface area contributed by atoms with E-state index in [-0.39, 0.29) is 17.4 Å². The Hall–Kier alpha value is -3.17. The van der Waals surface area contributed by atoms with E-state index in [1.165, 1.54) is 13.2 Å². The van der Waals surface area contributed by atoms with Crippen LogP contribution in [0.3, 0.4) is 0 Å². The van der Waals surface area contributed by atoms with E-state index in [1.54, 1.807) is 13.8 Å². The molecule has 0 saturated carbocycles.